The Morgan fingerprint density at radius 2 is 1.41 bits per heavy atom. The van der Waals surface area contributed by atoms with Gasteiger partial charge in [0.05, 0.1) is 10.9 Å². The fourth-order valence-electron chi connectivity index (χ4n) is 4.42. The van der Waals surface area contributed by atoms with E-state index in [-0.39, 0.29) is 16.8 Å². The largest absolute Gasteiger partial charge is 0.463 e. The molecule has 1 aliphatic heterocycles. The van der Waals surface area contributed by atoms with Crippen molar-refractivity contribution >= 4 is 34.8 Å². The number of hydrogen-bond acceptors (Lipinski definition) is 12. The van der Waals surface area contributed by atoms with Gasteiger partial charge in [0.2, 0.25) is 12.4 Å². The molecule has 12 heteroatoms. The minimum atomic E-state index is -1.43. The van der Waals surface area contributed by atoms with Crippen LogP contribution in [0.3, 0.4) is 0 Å². The molecule has 0 radical (unpaired) electrons. The molecule has 1 aliphatic rings. The fourth-order valence-corrected chi connectivity index (χ4v) is 4.42. The van der Waals surface area contributed by atoms with Gasteiger partial charge in [0.15, 0.2) is 17.6 Å². The lowest BCUT2D eigenvalue weighted by Crippen LogP contribution is -2.63. The normalized spacial score (nSPS) is 21.9. The number of carbonyl (C=O) groups is 4. The minimum Gasteiger partial charge on any atom is -0.463 e. The molecule has 5 atom stereocenters. The van der Waals surface area contributed by atoms with Crippen molar-refractivity contribution in [1.29, 1.82) is 0 Å². The maximum absolute atomic E-state index is 13.1. The molecule has 1 saturated heterocycles. The van der Waals surface area contributed by atoms with Crippen molar-refractivity contribution in [1.82, 2.24) is 0 Å². The van der Waals surface area contributed by atoms with E-state index in [2.05, 4.69) is 0 Å². The molecule has 12 nitrogen and oxygen atoms in total. The monoisotopic (exact) mass is 568 g/mol. The van der Waals surface area contributed by atoms with Crippen LogP contribution in [0.2, 0.25) is 0 Å². The highest BCUT2D eigenvalue weighted by molar-refractivity contribution is 5.82. The van der Waals surface area contributed by atoms with Gasteiger partial charge in [-0.2, -0.15) is 0 Å². The van der Waals surface area contributed by atoms with Gasteiger partial charge >= 0.3 is 23.9 Å². The first-order chi connectivity index (χ1) is 19.5. The molecule has 0 saturated carbocycles. The van der Waals surface area contributed by atoms with E-state index >= 15 is 0 Å². The third kappa shape index (κ3) is 7.09. The molecule has 41 heavy (non-hydrogen) atoms. The molecule has 0 unspecified atom stereocenters. The maximum Gasteiger partial charge on any atom is 0.303 e. The molecule has 4 rings (SSSR count). The van der Waals surface area contributed by atoms with Gasteiger partial charge in [0.1, 0.15) is 30.3 Å². The van der Waals surface area contributed by atoms with E-state index < -0.39 is 61.2 Å². The van der Waals surface area contributed by atoms with E-state index in [1.54, 1.807) is 12.1 Å². The molecule has 0 spiro atoms. The van der Waals surface area contributed by atoms with Crippen molar-refractivity contribution in [3.63, 3.8) is 0 Å². The summed E-state index contributed by atoms with van der Waals surface area (Å²) in [4.78, 5) is 60.6. The van der Waals surface area contributed by atoms with Crippen molar-refractivity contribution < 1.29 is 52.0 Å². The molecule has 1 fully saturated rings. The zero-order valence-electron chi connectivity index (χ0n) is 22.7. The van der Waals surface area contributed by atoms with E-state index in [1.165, 1.54) is 31.4 Å². The number of esters is 4. The lowest BCUT2D eigenvalue weighted by Gasteiger charge is -2.43. The van der Waals surface area contributed by atoms with Crippen LogP contribution < -0.4 is 10.2 Å². The Labute approximate surface area is 234 Å². The zero-order valence-corrected chi connectivity index (χ0v) is 22.7. The van der Waals surface area contributed by atoms with Gasteiger partial charge < -0.3 is 32.8 Å². The van der Waals surface area contributed by atoms with Gasteiger partial charge in [0, 0.05) is 33.8 Å². The second kappa shape index (κ2) is 12.6. The van der Waals surface area contributed by atoms with Crippen molar-refractivity contribution in [3.8, 4) is 16.9 Å². The molecule has 0 aliphatic carbocycles. The number of benzene rings is 2. The van der Waals surface area contributed by atoms with E-state index in [9.17, 15) is 24.0 Å². The van der Waals surface area contributed by atoms with Crippen LogP contribution in [0.1, 0.15) is 27.7 Å². The maximum atomic E-state index is 13.1. The van der Waals surface area contributed by atoms with Gasteiger partial charge in [-0.15, -0.1) is 0 Å². The number of ether oxygens (including phenoxy) is 6. The molecule has 1 aromatic heterocycles. The third-order valence-electron chi connectivity index (χ3n) is 6.03. The van der Waals surface area contributed by atoms with E-state index in [1.807, 2.05) is 18.2 Å². The highest BCUT2D eigenvalue weighted by atomic mass is 16.7. The third-order valence-corrected chi connectivity index (χ3v) is 6.03. The molecule has 3 aromatic rings. The fraction of sp³-hybridized carbons (Fsp3) is 0.345. The molecule has 216 valence electrons. The minimum absolute atomic E-state index is 0.147. The standard InChI is InChI=1S/C29H28O12/c1-15(30)35-14-24-26(37-16(2)31)27(38-17(3)32)28(39-18(4)33)29(41-24)40-20-10-11-21-23(12-20)36-13-22(25(21)34)19-8-6-5-7-9-19/h5-13,24,26-29H,14H2,1-4H3/t24-,26+,27+,28+,29-/m1/s1. The van der Waals surface area contributed by atoms with Crippen molar-refractivity contribution in [2.45, 2.75) is 58.4 Å². The second-order valence-corrected chi connectivity index (χ2v) is 9.19. The number of rotatable bonds is 8. The summed E-state index contributed by atoms with van der Waals surface area (Å²) in [6.45, 7) is 4.16. The molecular weight excluding hydrogens is 540 g/mol. The van der Waals surface area contributed by atoms with Crippen molar-refractivity contribution in [2.24, 2.45) is 0 Å². The molecular formula is C29H28O12. The molecule has 2 aromatic carbocycles. The average molecular weight is 569 g/mol. The summed E-state index contributed by atoms with van der Waals surface area (Å²) in [5, 5.41) is 0.292. The molecule has 0 bridgehead atoms. The van der Waals surface area contributed by atoms with Gasteiger partial charge in [-0.25, -0.2) is 0 Å². The summed E-state index contributed by atoms with van der Waals surface area (Å²) in [6, 6.07) is 13.5. The van der Waals surface area contributed by atoms with Gasteiger partial charge in [-0.1, -0.05) is 30.3 Å². The number of carbonyl (C=O) groups excluding carboxylic acids is 4. The van der Waals surface area contributed by atoms with Gasteiger partial charge in [-0.05, 0) is 17.7 Å². The Bertz CT molecular complexity index is 1490. The van der Waals surface area contributed by atoms with E-state index in [4.69, 9.17) is 32.8 Å². The molecule has 2 heterocycles. The van der Waals surface area contributed by atoms with Crippen LogP contribution in [0.25, 0.3) is 22.1 Å². The van der Waals surface area contributed by atoms with E-state index in [0.717, 1.165) is 20.8 Å². The first-order valence-corrected chi connectivity index (χ1v) is 12.6. The Hall–Kier alpha value is -4.71. The van der Waals surface area contributed by atoms with Crippen molar-refractivity contribution in [3.05, 3.63) is 65.0 Å². The first kappa shape index (κ1) is 29.3. The smallest absolute Gasteiger partial charge is 0.303 e. The topological polar surface area (TPSA) is 154 Å². The average Bonchev–Trinajstić information content (AvgIpc) is 2.91. The Morgan fingerprint density at radius 1 is 0.780 bits per heavy atom. The Balaban J connectivity index is 1.70. The van der Waals surface area contributed by atoms with E-state index in [0.29, 0.717) is 16.5 Å². The van der Waals surface area contributed by atoms with Crippen LogP contribution >= 0.6 is 0 Å². The lowest BCUT2D eigenvalue weighted by atomic mass is 9.98. The summed E-state index contributed by atoms with van der Waals surface area (Å²) in [7, 11) is 0. The first-order valence-electron chi connectivity index (χ1n) is 12.6. The summed E-state index contributed by atoms with van der Waals surface area (Å²) in [6.07, 6.45) is -5.35. The van der Waals surface area contributed by atoms with Gasteiger partial charge in [-0.3, -0.25) is 24.0 Å². The lowest BCUT2D eigenvalue weighted by molar-refractivity contribution is -0.288. The molecule has 0 N–H and O–H groups in total. The summed E-state index contributed by atoms with van der Waals surface area (Å²) in [5.41, 5.74) is 1.03. The van der Waals surface area contributed by atoms with Crippen LogP contribution in [0.4, 0.5) is 0 Å². The highest BCUT2D eigenvalue weighted by Gasteiger charge is 2.53. The Morgan fingerprint density at radius 3 is 2.05 bits per heavy atom. The molecule has 0 amide bonds. The summed E-state index contributed by atoms with van der Waals surface area (Å²) in [5.74, 6) is -2.77. The van der Waals surface area contributed by atoms with Crippen molar-refractivity contribution in [2.75, 3.05) is 6.61 Å². The Kier molecular flexibility index (Phi) is 9.03. The highest BCUT2D eigenvalue weighted by Crippen LogP contribution is 2.32. The van der Waals surface area contributed by atoms with Crippen LogP contribution in [0.5, 0.6) is 5.75 Å². The summed E-state index contributed by atoms with van der Waals surface area (Å²) >= 11 is 0. The van der Waals surface area contributed by atoms with Gasteiger partial charge in [0.25, 0.3) is 0 Å². The van der Waals surface area contributed by atoms with Crippen LogP contribution in [-0.4, -0.2) is 61.2 Å². The van der Waals surface area contributed by atoms with Crippen LogP contribution in [0, 0.1) is 0 Å². The summed E-state index contributed by atoms with van der Waals surface area (Å²) < 4.78 is 38.9. The van der Waals surface area contributed by atoms with Crippen LogP contribution in [-0.2, 0) is 42.9 Å². The quantitative estimate of drug-likeness (QED) is 0.290. The second-order valence-electron chi connectivity index (χ2n) is 9.19. The number of fused-ring (bicyclic) bond motifs is 1. The number of hydrogen-bond donors (Lipinski definition) is 0. The predicted molar refractivity (Wildman–Crippen MR) is 141 cm³/mol. The van der Waals surface area contributed by atoms with Crippen LogP contribution in [0.15, 0.2) is 64.0 Å². The zero-order chi connectivity index (χ0) is 29.7. The predicted octanol–water partition coefficient (Wildman–Crippen LogP) is 2.92. The SMILES string of the molecule is CC(=O)OC[C@H]1O[C@@H](Oc2ccc3c(=O)c(-c4ccccc4)coc3c2)[C@@H](OC(C)=O)[C@@H](OC(C)=O)[C@H]1OC(C)=O.